The fourth-order valence-electron chi connectivity index (χ4n) is 3.50. The van der Waals surface area contributed by atoms with Crippen molar-refractivity contribution in [2.75, 3.05) is 0 Å². The molecule has 2 unspecified atom stereocenters. The van der Waals surface area contributed by atoms with Gasteiger partial charge in [0.1, 0.15) is 4.90 Å². The summed E-state index contributed by atoms with van der Waals surface area (Å²) in [6.45, 7) is 4.46. The third kappa shape index (κ3) is 4.31. The van der Waals surface area contributed by atoms with Crippen molar-refractivity contribution in [3.8, 4) is 0 Å². The van der Waals surface area contributed by atoms with Crippen molar-refractivity contribution in [1.82, 2.24) is 0 Å². The van der Waals surface area contributed by atoms with Gasteiger partial charge in [-0.3, -0.25) is 4.55 Å². The lowest BCUT2D eigenvalue weighted by atomic mass is 10.2. The maximum absolute atomic E-state index is 11.8. The molecular weight excluding hydrogens is 315 g/mol. The van der Waals surface area contributed by atoms with Crippen LogP contribution in [0.5, 0.6) is 0 Å². The summed E-state index contributed by atoms with van der Waals surface area (Å²) in [7, 11) is -4.70. The normalized spacial score (nSPS) is 19.2. The number of hydrogen-bond donors (Lipinski definition) is 1. The predicted octanol–water partition coefficient (Wildman–Crippen LogP) is 4.56. The molecule has 22 heavy (non-hydrogen) atoms. The van der Waals surface area contributed by atoms with E-state index in [4.69, 9.17) is 0 Å². The quantitative estimate of drug-likeness (QED) is 0.584. The molecule has 2 atom stereocenters. The van der Waals surface area contributed by atoms with Crippen molar-refractivity contribution >= 4 is 23.3 Å². The Balaban J connectivity index is 2.40. The van der Waals surface area contributed by atoms with Crippen LogP contribution in [0, 0.1) is 0 Å². The molecule has 0 aliphatic heterocycles. The minimum absolute atomic E-state index is 0.136. The van der Waals surface area contributed by atoms with E-state index in [-0.39, 0.29) is 4.90 Å². The van der Waals surface area contributed by atoms with Gasteiger partial charge in [0, 0.05) is 0 Å². The Morgan fingerprint density at radius 3 is 2.50 bits per heavy atom. The van der Waals surface area contributed by atoms with Gasteiger partial charge in [-0.2, -0.15) is 8.42 Å². The van der Waals surface area contributed by atoms with Crippen molar-refractivity contribution in [2.24, 2.45) is 0 Å². The first-order valence-corrected chi connectivity index (χ1v) is 11.2. The average Bonchev–Trinajstić information content (AvgIpc) is 2.99. The summed E-state index contributed by atoms with van der Waals surface area (Å²) >= 11 is 0. The summed E-state index contributed by atoms with van der Waals surface area (Å²) in [4.78, 5) is 0.136. The topological polar surface area (TPSA) is 54.4 Å². The first kappa shape index (κ1) is 17.9. The molecule has 0 aromatic heterocycles. The molecule has 0 amide bonds. The van der Waals surface area contributed by atoms with Gasteiger partial charge in [-0.15, -0.1) is 0 Å². The Morgan fingerprint density at radius 2 is 1.91 bits per heavy atom. The summed E-state index contributed by atoms with van der Waals surface area (Å²) in [6.07, 6.45) is 8.37. The Morgan fingerprint density at radius 1 is 1.27 bits per heavy atom. The van der Waals surface area contributed by atoms with Crippen molar-refractivity contribution in [2.45, 2.75) is 75.0 Å². The molecule has 1 aromatic carbocycles. The van der Waals surface area contributed by atoms with E-state index in [0.717, 1.165) is 18.1 Å². The van der Waals surface area contributed by atoms with Crippen LogP contribution in [0.15, 0.2) is 29.2 Å². The SMILES string of the molecule is CCCCC(C)P(c1ccccc1S(=O)(=O)O)C1CCCC1. The van der Waals surface area contributed by atoms with Crippen LogP contribution in [0.25, 0.3) is 0 Å². The number of rotatable bonds is 7. The number of benzene rings is 1. The molecule has 0 heterocycles. The Hall–Kier alpha value is -0.440. The predicted molar refractivity (Wildman–Crippen MR) is 94.1 cm³/mol. The Kier molecular flexibility index (Phi) is 6.43. The second-order valence-corrected chi connectivity index (χ2v) is 10.6. The van der Waals surface area contributed by atoms with E-state index in [2.05, 4.69) is 13.8 Å². The Bertz CT molecular complexity index is 579. The average molecular weight is 342 g/mol. The van der Waals surface area contributed by atoms with Crippen LogP contribution in [-0.2, 0) is 10.1 Å². The maximum Gasteiger partial charge on any atom is 0.295 e. The molecule has 1 saturated carbocycles. The fourth-order valence-corrected chi connectivity index (χ4v) is 8.31. The molecule has 3 nitrogen and oxygen atoms in total. The van der Waals surface area contributed by atoms with Crippen LogP contribution in [0.2, 0.25) is 0 Å². The molecule has 2 rings (SSSR count). The molecule has 1 fully saturated rings. The van der Waals surface area contributed by atoms with Crippen LogP contribution in [0.3, 0.4) is 0 Å². The largest absolute Gasteiger partial charge is 0.295 e. The van der Waals surface area contributed by atoms with Crippen LogP contribution in [0.4, 0.5) is 0 Å². The third-order valence-corrected chi connectivity index (χ3v) is 9.11. The molecule has 5 heteroatoms. The smallest absolute Gasteiger partial charge is 0.282 e. The maximum atomic E-state index is 11.8. The molecule has 1 aliphatic rings. The summed E-state index contributed by atoms with van der Waals surface area (Å²) in [5.41, 5.74) is 1.10. The fraction of sp³-hybridized carbons (Fsp3) is 0.647. The van der Waals surface area contributed by atoms with Crippen molar-refractivity contribution in [1.29, 1.82) is 0 Å². The van der Waals surface area contributed by atoms with Gasteiger partial charge < -0.3 is 0 Å². The van der Waals surface area contributed by atoms with Gasteiger partial charge in [0.05, 0.1) is 0 Å². The lowest BCUT2D eigenvalue weighted by Crippen LogP contribution is -2.23. The van der Waals surface area contributed by atoms with Gasteiger partial charge >= 0.3 is 0 Å². The highest BCUT2D eigenvalue weighted by atomic mass is 32.2. The van der Waals surface area contributed by atoms with E-state index in [1.807, 2.05) is 12.1 Å². The van der Waals surface area contributed by atoms with E-state index in [9.17, 15) is 13.0 Å². The molecule has 1 aromatic rings. The van der Waals surface area contributed by atoms with Gasteiger partial charge in [-0.25, -0.2) is 0 Å². The van der Waals surface area contributed by atoms with Crippen LogP contribution in [0.1, 0.15) is 58.8 Å². The zero-order valence-electron chi connectivity index (χ0n) is 13.5. The second kappa shape index (κ2) is 7.90. The molecule has 1 aliphatic carbocycles. The number of unbranched alkanes of at least 4 members (excludes halogenated alkanes) is 1. The molecule has 1 N–H and O–H groups in total. The zero-order chi connectivity index (χ0) is 16.2. The van der Waals surface area contributed by atoms with E-state index >= 15 is 0 Å². The van der Waals surface area contributed by atoms with Gasteiger partial charge in [0.25, 0.3) is 10.1 Å². The van der Waals surface area contributed by atoms with Gasteiger partial charge in [0.2, 0.25) is 0 Å². The summed E-state index contributed by atoms with van der Waals surface area (Å²) in [5, 5.41) is 0.885. The highest BCUT2D eigenvalue weighted by Gasteiger charge is 2.33. The van der Waals surface area contributed by atoms with Crippen LogP contribution < -0.4 is 5.30 Å². The van der Waals surface area contributed by atoms with Crippen LogP contribution >= 0.6 is 7.92 Å². The van der Waals surface area contributed by atoms with Gasteiger partial charge in [-0.1, -0.05) is 65.7 Å². The zero-order valence-corrected chi connectivity index (χ0v) is 15.2. The number of hydrogen-bond acceptors (Lipinski definition) is 2. The Labute approximate surface area is 136 Å². The standard InChI is InChI=1S/C17H27O3PS/c1-3-4-9-14(2)21(15-10-5-6-11-15)16-12-7-8-13-17(16)22(18,19)20/h7-8,12-15H,3-6,9-11H2,1-2H3,(H,18,19,20). The van der Waals surface area contributed by atoms with E-state index in [1.54, 1.807) is 12.1 Å². The lowest BCUT2D eigenvalue weighted by molar-refractivity contribution is 0.484. The summed E-state index contributed by atoms with van der Waals surface area (Å²) in [6, 6.07) is 7.09. The highest BCUT2D eigenvalue weighted by molar-refractivity contribution is 7.86. The highest BCUT2D eigenvalue weighted by Crippen LogP contribution is 2.53. The van der Waals surface area contributed by atoms with Crippen molar-refractivity contribution in [3.05, 3.63) is 24.3 Å². The van der Waals surface area contributed by atoms with Gasteiger partial charge in [-0.05, 0) is 42.0 Å². The molecule has 0 radical (unpaired) electrons. The van der Waals surface area contributed by atoms with E-state index in [1.165, 1.54) is 32.1 Å². The first-order chi connectivity index (χ1) is 10.4. The summed E-state index contributed by atoms with van der Waals surface area (Å²) < 4.78 is 33.2. The van der Waals surface area contributed by atoms with E-state index in [0.29, 0.717) is 11.3 Å². The van der Waals surface area contributed by atoms with Crippen molar-refractivity contribution < 1.29 is 13.0 Å². The molecule has 0 bridgehead atoms. The lowest BCUT2D eigenvalue weighted by Gasteiger charge is -2.31. The van der Waals surface area contributed by atoms with Crippen molar-refractivity contribution in [3.63, 3.8) is 0 Å². The minimum atomic E-state index is -4.15. The third-order valence-electron chi connectivity index (χ3n) is 4.59. The monoisotopic (exact) mass is 342 g/mol. The van der Waals surface area contributed by atoms with Gasteiger partial charge in [0.15, 0.2) is 0 Å². The first-order valence-electron chi connectivity index (χ1n) is 8.30. The minimum Gasteiger partial charge on any atom is -0.282 e. The van der Waals surface area contributed by atoms with E-state index < -0.39 is 18.0 Å². The second-order valence-electron chi connectivity index (χ2n) is 6.28. The molecule has 0 saturated heterocycles. The summed E-state index contributed by atoms with van der Waals surface area (Å²) in [5.74, 6) is 0. The molecular formula is C17H27O3PS. The molecule has 124 valence electrons. The van der Waals surface area contributed by atoms with Crippen LogP contribution in [-0.4, -0.2) is 24.3 Å². The molecule has 0 spiro atoms.